The molecule has 2 aromatic rings. The first-order chi connectivity index (χ1) is 13.2. The molecule has 10 heteroatoms. The SMILES string of the molecule is CN1C(=O)N(c2ccccc2)C(N)C(NC(=O)O)(c2cc(O)cc(O)c2)C1=O. The monoisotopic (exact) mass is 386 g/mol. The minimum absolute atomic E-state index is 0.120. The van der Waals surface area contributed by atoms with Crippen LogP contribution >= 0.6 is 0 Å². The van der Waals surface area contributed by atoms with Crippen LogP contribution in [0.1, 0.15) is 5.56 Å². The highest BCUT2D eigenvalue weighted by molar-refractivity contribution is 6.11. The molecule has 1 heterocycles. The lowest BCUT2D eigenvalue weighted by atomic mass is 9.82. The van der Waals surface area contributed by atoms with E-state index in [0.29, 0.717) is 5.69 Å². The lowest BCUT2D eigenvalue weighted by molar-refractivity contribution is -0.137. The number of carbonyl (C=O) groups is 3. The third kappa shape index (κ3) is 2.85. The summed E-state index contributed by atoms with van der Waals surface area (Å²) < 4.78 is 0. The molecule has 4 amide bonds. The molecule has 0 aromatic heterocycles. The maximum Gasteiger partial charge on any atom is 0.405 e. The quantitative estimate of drug-likeness (QED) is 0.525. The van der Waals surface area contributed by atoms with Gasteiger partial charge >= 0.3 is 12.1 Å². The fraction of sp³-hybridized carbons (Fsp3) is 0.167. The molecule has 28 heavy (non-hydrogen) atoms. The number of aromatic hydroxyl groups is 2. The van der Waals surface area contributed by atoms with E-state index < -0.39 is 41.2 Å². The Bertz CT molecular complexity index is 930. The van der Waals surface area contributed by atoms with Crippen LogP contribution in [0.25, 0.3) is 0 Å². The van der Waals surface area contributed by atoms with E-state index in [1.54, 1.807) is 30.3 Å². The number of urea groups is 1. The number of hydrogen-bond donors (Lipinski definition) is 5. The summed E-state index contributed by atoms with van der Waals surface area (Å²) in [5.74, 6) is -1.77. The average molecular weight is 386 g/mol. The van der Waals surface area contributed by atoms with Crippen molar-refractivity contribution in [3.8, 4) is 11.5 Å². The molecule has 0 bridgehead atoms. The Balaban J connectivity index is 2.28. The molecule has 1 fully saturated rings. The number of carbonyl (C=O) groups excluding carboxylic acids is 2. The van der Waals surface area contributed by atoms with Gasteiger partial charge in [-0.1, -0.05) is 18.2 Å². The summed E-state index contributed by atoms with van der Waals surface area (Å²) >= 11 is 0. The van der Waals surface area contributed by atoms with Gasteiger partial charge in [0.2, 0.25) is 0 Å². The van der Waals surface area contributed by atoms with Crippen molar-refractivity contribution in [3.63, 3.8) is 0 Å². The maximum atomic E-state index is 13.1. The molecular formula is C18H18N4O6. The van der Waals surface area contributed by atoms with Crippen LogP contribution in [0.4, 0.5) is 15.3 Å². The molecule has 0 saturated carbocycles. The van der Waals surface area contributed by atoms with Gasteiger partial charge in [0.05, 0.1) is 0 Å². The number of imide groups is 1. The highest BCUT2D eigenvalue weighted by Crippen LogP contribution is 2.38. The zero-order valence-electron chi connectivity index (χ0n) is 14.7. The van der Waals surface area contributed by atoms with E-state index in [9.17, 15) is 29.7 Å². The van der Waals surface area contributed by atoms with Gasteiger partial charge in [-0.15, -0.1) is 0 Å². The van der Waals surface area contributed by atoms with Gasteiger partial charge in [-0.25, -0.2) is 9.59 Å². The fourth-order valence-corrected chi connectivity index (χ4v) is 3.30. The molecule has 1 aliphatic heterocycles. The van der Waals surface area contributed by atoms with Crippen LogP contribution in [0.15, 0.2) is 48.5 Å². The van der Waals surface area contributed by atoms with E-state index in [4.69, 9.17) is 5.73 Å². The summed E-state index contributed by atoms with van der Waals surface area (Å²) in [6.45, 7) is 0. The van der Waals surface area contributed by atoms with Gasteiger partial charge in [0.25, 0.3) is 5.91 Å². The first kappa shape index (κ1) is 19.0. The second kappa shape index (κ2) is 6.74. The molecule has 3 rings (SSSR count). The van der Waals surface area contributed by atoms with Gasteiger partial charge in [0.1, 0.15) is 17.7 Å². The molecule has 0 spiro atoms. The van der Waals surface area contributed by atoms with Gasteiger partial charge in [-0.2, -0.15) is 0 Å². The van der Waals surface area contributed by atoms with Crippen LogP contribution in [0.3, 0.4) is 0 Å². The van der Waals surface area contributed by atoms with E-state index in [0.717, 1.165) is 28.0 Å². The van der Waals surface area contributed by atoms with E-state index in [-0.39, 0.29) is 5.56 Å². The molecule has 1 saturated heterocycles. The number of nitrogens with zero attached hydrogens (tertiary/aromatic N) is 2. The number of benzene rings is 2. The first-order valence-corrected chi connectivity index (χ1v) is 8.15. The highest BCUT2D eigenvalue weighted by atomic mass is 16.4. The first-order valence-electron chi connectivity index (χ1n) is 8.15. The summed E-state index contributed by atoms with van der Waals surface area (Å²) in [5, 5.41) is 31.2. The van der Waals surface area contributed by atoms with Gasteiger partial charge < -0.3 is 26.4 Å². The minimum atomic E-state index is -2.18. The van der Waals surface area contributed by atoms with Crippen LogP contribution < -0.4 is 16.0 Å². The van der Waals surface area contributed by atoms with Crippen molar-refractivity contribution >= 4 is 23.7 Å². The Morgan fingerprint density at radius 3 is 2.21 bits per heavy atom. The number of rotatable bonds is 3. The van der Waals surface area contributed by atoms with Crippen molar-refractivity contribution in [1.29, 1.82) is 0 Å². The van der Waals surface area contributed by atoms with Gasteiger partial charge in [0, 0.05) is 18.8 Å². The summed E-state index contributed by atoms with van der Waals surface area (Å²) in [5.41, 5.74) is 4.32. The van der Waals surface area contributed by atoms with Crippen molar-refractivity contribution in [2.75, 3.05) is 11.9 Å². The number of phenolic OH excluding ortho intramolecular Hbond substituents is 2. The third-order valence-electron chi connectivity index (χ3n) is 4.55. The van der Waals surface area contributed by atoms with Crippen LogP contribution in [0, 0.1) is 0 Å². The van der Waals surface area contributed by atoms with Crippen LogP contribution in [0.2, 0.25) is 0 Å². The zero-order valence-corrected chi connectivity index (χ0v) is 14.7. The highest BCUT2D eigenvalue weighted by Gasteiger charge is 2.58. The Morgan fingerprint density at radius 1 is 1.11 bits per heavy atom. The van der Waals surface area contributed by atoms with E-state index >= 15 is 0 Å². The van der Waals surface area contributed by atoms with Crippen molar-refractivity contribution in [1.82, 2.24) is 10.2 Å². The second-order valence-corrected chi connectivity index (χ2v) is 6.27. The van der Waals surface area contributed by atoms with Crippen molar-refractivity contribution in [2.24, 2.45) is 5.73 Å². The predicted molar refractivity (Wildman–Crippen MR) is 97.7 cm³/mol. The van der Waals surface area contributed by atoms with Crippen LogP contribution in [-0.2, 0) is 10.3 Å². The number of likely N-dealkylation sites (N-methyl/N-ethyl adjacent to an activating group) is 1. The average Bonchev–Trinajstić information content (AvgIpc) is 2.63. The van der Waals surface area contributed by atoms with E-state index in [2.05, 4.69) is 5.32 Å². The van der Waals surface area contributed by atoms with Crippen molar-refractivity contribution in [2.45, 2.75) is 11.7 Å². The topological polar surface area (TPSA) is 156 Å². The number of para-hydroxylation sites is 1. The summed E-state index contributed by atoms with van der Waals surface area (Å²) in [7, 11) is 1.19. The summed E-state index contributed by atoms with van der Waals surface area (Å²) in [4.78, 5) is 39.2. The fourth-order valence-electron chi connectivity index (χ4n) is 3.30. The standard InChI is InChI=1S/C18H18N4O6/c1-21-15(25)18(20-16(26)27,10-7-12(23)9-13(24)8-10)14(19)22(17(21)28)11-5-3-2-4-6-11/h2-9,14,20,23-24H,19H2,1H3,(H,26,27). The Labute approximate surface area is 159 Å². The number of anilines is 1. The molecule has 10 nitrogen and oxygen atoms in total. The number of nitrogens with two attached hydrogens (primary N) is 1. The Morgan fingerprint density at radius 2 is 1.68 bits per heavy atom. The normalized spacial score (nSPS) is 22.3. The molecule has 2 unspecified atom stereocenters. The maximum absolute atomic E-state index is 13.1. The van der Waals surface area contributed by atoms with Gasteiger partial charge in [0.15, 0.2) is 5.54 Å². The third-order valence-corrected chi connectivity index (χ3v) is 4.55. The minimum Gasteiger partial charge on any atom is -0.508 e. The molecule has 6 N–H and O–H groups in total. The molecule has 0 aliphatic carbocycles. The van der Waals surface area contributed by atoms with Crippen LogP contribution in [0.5, 0.6) is 11.5 Å². The number of carboxylic acid groups (broad SMARTS) is 1. The summed E-state index contributed by atoms with van der Waals surface area (Å²) in [6.07, 6.45) is -3.09. The summed E-state index contributed by atoms with van der Waals surface area (Å²) in [6, 6.07) is 10.6. The molecular weight excluding hydrogens is 368 g/mol. The zero-order chi connectivity index (χ0) is 20.6. The Kier molecular flexibility index (Phi) is 4.57. The van der Waals surface area contributed by atoms with Gasteiger partial charge in [-0.3, -0.25) is 14.6 Å². The molecule has 2 aromatic carbocycles. The number of phenols is 2. The molecule has 2 atom stereocenters. The lowest BCUT2D eigenvalue weighted by Gasteiger charge is -2.49. The molecule has 0 radical (unpaired) electrons. The van der Waals surface area contributed by atoms with E-state index in [1.165, 1.54) is 7.05 Å². The molecule has 146 valence electrons. The second-order valence-electron chi connectivity index (χ2n) is 6.27. The van der Waals surface area contributed by atoms with Crippen molar-refractivity contribution < 1.29 is 29.7 Å². The van der Waals surface area contributed by atoms with Crippen LogP contribution in [-0.4, -0.2) is 51.5 Å². The lowest BCUT2D eigenvalue weighted by Crippen LogP contribution is -2.76. The predicted octanol–water partition coefficient (Wildman–Crippen LogP) is 0.944. The smallest absolute Gasteiger partial charge is 0.405 e. The van der Waals surface area contributed by atoms with E-state index in [1.807, 2.05) is 0 Å². The van der Waals surface area contributed by atoms with Crippen molar-refractivity contribution in [3.05, 3.63) is 54.1 Å². The number of amides is 4. The number of nitrogens with one attached hydrogen (secondary N) is 1. The Hall–Kier alpha value is -3.79. The number of hydrogen-bond acceptors (Lipinski definition) is 6. The largest absolute Gasteiger partial charge is 0.508 e. The van der Waals surface area contributed by atoms with Gasteiger partial charge in [-0.05, 0) is 29.8 Å². The molecule has 1 aliphatic rings.